The van der Waals surface area contributed by atoms with Gasteiger partial charge < -0.3 is 5.11 Å². The maximum atomic E-state index is 12.2. The van der Waals surface area contributed by atoms with Crippen molar-refractivity contribution in [1.29, 1.82) is 0 Å². The molecule has 4 heteroatoms. The molecule has 0 radical (unpaired) electrons. The molecule has 0 spiro atoms. The molecule has 0 aliphatic carbocycles. The molecule has 16 heavy (non-hydrogen) atoms. The van der Waals surface area contributed by atoms with Crippen molar-refractivity contribution in [1.82, 2.24) is 0 Å². The molecule has 0 saturated carbocycles. The molecule has 0 aliphatic heterocycles. The van der Waals surface area contributed by atoms with Gasteiger partial charge in [-0.1, -0.05) is 6.07 Å². The lowest BCUT2D eigenvalue weighted by molar-refractivity contribution is 0.110. The van der Waals surface area contributed by atoms with Gasteiger partial charge in [-0.15, -0.1) is 22.7 Å². The van der Waals surface area contributed by atoms with E-state index >= 15 is 0 Å². The highest BCUT2D eigenvalue weighted by molar-refractivity contribution is 7.13. The summed E-state index contributed by atoms with van der Waals surface area (Å²) in [6.45, 7) is 1.44. The van der Waals surface area contributed by atoms with Crippen molar-refractivity contribution in [2.24, 2.45) is 0 Å². The predicted octanol–water partition coefficient (Wildman–Crippen LogP) is 3.58. The van der Waals surface area contributed by atoms with Crippen LogP contribution in [-0.2, 0) is 12.0 Å². The Hall–Kier alpha value is -0.710. The lowest BCUT2D eigenvalue weighted by Crippen LogP contribution is -2.19. The Bertz CT molecular complexity index is 445. The first-order valence-electron chi connectivity index (χ1n) is 5.06. The number of thiophene rings is 2. The van der Waals surface area contributed by atoms with Crippen LogP contribution in [0.4, 0.5) is 4.39 Å². The van der Waals surface area contributed by atoms with Crippen LogP contribution in [0.2, 0.25) is 0 Å². The van der Waals surface area contributed by atoms with E-state index in [0.29, 0.717) is 6.42 Å². The van der Waals surface area contributed by atoms with Gasteiger partial charge in [-0.05, 0) is 30.5 Å². The summed E-state index contributed by atoms with van der Waals surface area (Å²) in [5, 5.41) is 12.4. The van der Waals surface area contributed by atoms with Crippen LogP contribution in [0.3, 0.4) is 0 Å². The highest BCUT2D eigenvalue weighted by Gasteiger charge is 2.28. The predicted molar refractivity (Wildman–Crippen MR) is 67.0 cm³/mol. The van der Waals surface area contributed by atoms with Crippen molar-refractivity contribution in [3.63, 3.8) is 0 Å². The third-order valence-electron chi connectivity index (χ3n) is 2.48. The summed E-state index contributed by atoms with van der Waals surface area (Å²) in [6, 6.07) is 7.61. The van der Waals surface area contributed by atoms with E-state index in [4.69, 9.17) is 0 Å². The fourth-order valence-corrected chi connectivity index (χ4v) is 3.45. The summed E-state index contributed by atoms with van der Waals surface area (Å²) in [4.78, 5) is 2.77. The van der Waals surface area contributed by atoms with Gasteiger partial charge in [0.05, 0.1) is 6.67 Å². The standard InChI is InChI=1S/C12H13FOS2/c1-12(14,10-3-2-8-15-10)11-5-4-9(16-11)6-7-13/h2-5,8,14H,6-7H2,1H3. The highest BCUT2D eigenvalue weighted by Crippen LogP contribution is 2.36. The molecule has 2 aromatic heterocycles. The zero-order chi connectivity index (χ0) is 11.6. The van der Waals surface area contributed by atoms with Crippen molar-refractivity contribution in [2.75, 3.05) is 6.67 Å². The number of hydrogen-bond donors (Lipinski definition) is 1. The van der Waals surface area contributed by atoms with Crippen molar-refractivity contribution < 1.29 is 9.50 Å². The van der Waals surface area contributed by atoms with E-state index in [-0.39, 0.29) is 6.67 Å². The first-order chi connectivity index (χ1) is 7.64. The summed E-state index contributed by atoms with van der Waals surface area (Å²) in [5.41, 5.74) is -0.951. The molecule has 0 amide bonds. The molecule has 0 bridgehead atoms. The molecule has 2 rings (SSSR count). The third-order valence-corrected chi connectivity index (χ3v) is 4.92. The van der Waals surface area contributed by atoms with Gasteiger partial charge in [-0.3, -0.25) is 4.39 Å². The second kappa shape index (κ2) is 4.65. The second-order valence-electron chi connectivity index (χ2n) is 3.75. The van der Waals surface area contributed by atoms with Crippen LogP contribution in [0.5, 0.6) is 0 Å². The molecular formula is C12H13FOS2. The van der Waals surface area contributed by atoms with Gasteiger partial charge in [-0.2, -0.15) is 0 Å². The van der Waals surface area contributed by atoms with Crippen molar-refractivity contribution >= 4 is 22.7 Å². The third kappa shape index (κ3) is 2.19. The van der Waals surface area contributed by atoms with Gasteiger partial charge in [0.25, 0.3) is 0 Å². The highest BCUT2D eigenvalue weighted by atomic mass is 32.1. The molecule has 86 valence electrons. The van der Waals surface area contributed by atoms with Crippen LogP contribution in [0.1, 0.15) is 21.6 Å². The fraction of sp³-hybridized carbons (Fsp3) is 0.333. The molecule has 0 fully saturated rings. The van der Waals surface area contributed by atoms with E-state index in [1.54, 1.807) is 6.92 Å². The molecule has 1 N–H and O–H groups in total. The maximum Gasteiger partial charge on any atom is 0.130 e. The molecule has 0 saturated heterocycles. The van der Waals surface area contributed by atoms with Gasteiger partial charge in [0, 0.05) is 21.1 Å². The van der Waals surface area contributed by atoms with E-state index in [2.05, 4.69) is 0 Å². The van der Waals surface area contributed by atoms with Crippen molar-refractivity contribution in [3.8, 4) is 0 Å². The van der Waals surface area contributed by atoms with Crippen LogP contribution < -0.4 is 0 Å². The average molecular weight is 256 g/mol. The number of aliphatic hydroxyl groups is 1. The second-order valence-corrected chi connectivity index (χ2v) is 5.87. The molecule has 0 aliphatic rings. The summed E-state index contributed by atoms with van der Waals surface area (Å²) in [7, 11) is 0. The van der Waals surface area contributed by atoms with Crippen LogP contribution in [-0.4, -0.2) is 11.8 Å². The Morgan fingerprint density at radius 2 is 2.12 bits per heavy atom. The zero-order valence-corrected chi connectivity index (χ0v) is 10.6. The van der Waals surface area contributed by atoms with E-state index in [0.717, 1.165) is 14.6 Å². The zero-order valence-electron chi connectivity index (χ0n) is 8.94. The van der Waals surface area contributed by atoms with Crippen LogP contribution >= 0.6 is 22.7 Å². The Balaban J connectivity index is 2.28. The number of hydrogen-bond acceptors (Lipinski definition) is 3. The number of alkyl halides is 1. The number of halogens is 1. The van der Waals surface area contributed by atoms with Gasteiger partial charge in [0.2, 0.25) is 0 Å². The molecule has 1 nitrogen and oxygen atoms in total. The first-order valence-corrected chi connectivity index (χ1v) is 6.75. The number of aryl methyl sites for hydroxylation is 1. The minimum atomic E-state index is -0.951. The SMILES string of the molecule is CC(O)(c1cccs1)c1ccc(CCF)s1. The molecule has 1 unspecified atom stereocenters. The summed E-state index contributed by atoms with van der Waals surface area (Å²) in [5.74, 6) is 0. The first kappa shape index (κ1) is 11.8. The van der Waals surface area contributed by atoms with Crippen LogP contribution in [0.15, 0.2) is 29.6 Å². The fourth-order valence-electron chi connectivity index (χ4n) is 1.54. The normalized spacial score (nSPS) is 14.9. The average Bonchev–Trinajstić information content (AvgIpc) is 2.88. The summed E-state index contributed by atoms with van der Waals surface area (Å²) in [6.07, 6.45) is 0.436. The molecule has 2 heterocycles. The molecule has 0 aromatic carbocycles. The lowest BCUT2D eigenvalue weighted by atomic mass is 10.0. The summed E-state index contributed by atoms with van der Waals surface area (Å²) >= 11 is 3.01. The van der Waals surface area contributed by atoms with Gasteiger partial charge >= 0.3 is 0 Å². The number of rotatable bonds is 4. The Labute approximate surface area is 102 Å². The summed E-state index contributed by atoms with van der Waals surface area (Å²) < 4.78 is 12.2. The van der Waals surface area contributed by atoms with E-state index in [9.17, 15) is 9.50 Å². The van der Waals surface area contributed by atoms with Gasteiger partial charge in [0.15, 0.2) is 0 Å². The molecular weight excluding hydrogens is 243 g/mol. The molecule has 2 aromatic rings. The van der Waals surface area contributed by atoms with Crippen molar-refractivity contribution in [2.45, 2.75) is 18.9 Å². The topological polar surface area (TPSA) is 20.2 Å². The van der Waals surface area contributed by atoms with E-state index < -0.39 is 5.60 Å². The Morgan fingerprint density at radius 3 is 2.75 bits per heavy atom. The quantitative estimate of drug-likeness (QED) is 0.886. The smallest absolute Gasteiger partial charge is 0.130 e. The maximum absolute atomic E-state index is 12.2. The van der Waals surface area contributed by atoms with E-state index in [1.165, 1.54) is 22.7 Å². The minimum Gasteiger partial charge on any atom is -0.379 e. The largest absolute Gasteiger partial charge is 0.379 e. The monoisotopic (exact) mass is 256 g/mol. The van der Waals surface area contributed by atoms with Crippen LogP contribution in [0.25, 0.3) is 0 Å². The van der Waals surface area contributed by atoms with E-state index in [1.807, 2.05) is 29.6 Å². The van der Waals surface area contributed by atoms with Gasteiger partial charge in [0.1, 0.15) is 5.60 Å². The lowest BCUT2D eigenvalue weighted by Gasteiger charge is -2.20. The Kier molecular flexibility index (Phi) is 3.42. The molecule has 1 atom stereocenters. The van der Waals surface area contributed by atoms with Crippen LogP contribution in [0, 0.1) is 0 Å². The van der Waals surface area contributed by atoms with Crippen molar-refractivity contribution in [3.05, 3.63) is 44.3 Å². The Morgan fingerprint density at radius 1 is 1.31 bits per heavy atom. The van der Waals surface area contributed by atoms with Gasteiger partial charge in [-0.25, -0.2) is 0 Å². The minimum absolute atomic E-state index is 0.346.